The molecule has 1 rings (SSSR count). The zero-order valence-electron chi connectivity index (χ0n) is 12.2. The summed E-state index contributed by atoms with van der Waals surface area (Å²) >= 11 is 0. The topological polar surface area (TPSA) is 63.4 Å². The SMILES string of the molecule is CC[N+](CC)(CC)CC(=O)N1CCC[C@H]1C(N)=O.[Cl-]. The van der Waals surface area contributed by atoms with Crippen LogP contribution in [0.2, 0.25) is 0 Å². The largest absolute Gasteiger partial charge is 1.00 e. The highest BCUT2D eigenvalue weighted by Gasteiger charge is 2.36. The van der Waals surface area contributed by atoms with Crippen molar-refractivity contribution in [3.8, 4) is 0 Å². The highest BCUT2D eigenvalue weighted by Crippen LogP contribution is 2.18. The number of nitrogens with zero attached hydrogens (tertiary/aromatic N) is 2. The molecule has 1 heterocycles. The number of hydrogen-bond acceptors (Lipinski definition) is 2. The van der Waals surface area contributed by atoms with Crippen LogP contribution in [0, 0.1) is 0 Å². The molecule has 1 aliphatic heterocycles. The standard InChI is InChI=1S/C13H25N3O2.ClH/c1-4-16(5-2,6-3)10-12(17)15-9-7-8-11(15)13(14)18;/h11H,4-10H2,1-3H3,(H-,14,18);1H/t11-;/m0./s1. The third kappa shape index (κ3) is 4.08. The van der Waals surface area contributed by atoms with Crippen LogP contribution in [0.15, 0.2) is 0 Å². The average molecular weight is 292 g/mol. The maximum Gasteiger partial charge on any atom is 0.278 e. The number of likely N-dealkylation sites (N-methyl/N-ethyl adjacent to an activating group) is 1. The van der Waals surface area contributed by atoms with Gasteiger partial charge in [0, 0.05) is 6.54 Å². The number of amides is 2. The third-order valence-corrected chi connectivity index (χ3v) is 4.38. The van der Waals surface area contributed by atoms with Gasteiger partial charge in [-0.1, -0.05) is 0 Å². The zero-order valence-corrected chi connectivity index (χ0v) is 12.9. The van der Waals surface area contributed by atoms with E-state index in [9.17, 15) is 9.59 Å². The van der Waals surface area contributed by atoms with E-state index in [-0.39, 0.29) is 30.3 Å². The summed E-state index contributed by atoms with van der Waals surface area (Å²) in [6.45, 7) is 10.3. The van der Waals surface area contributed by atoms with Gasteiger partial charge in [0.25, 0.3) is 5.91 Å². The summed E-state index contributed by atoms with van der Waals surface area (Å²) in [5.41, 5.74) is 5.35. The summed E-state index contributed by atoms with van der Waals surface area (Å²) in [4.78, 5) is 25.3. The molecule has 112 valence electrons. The molecule has 1 fully saturated rings. The van der Waals surface area contributed by atoms with E-state index in [1.54, 1.807) is 4.90 Å². The number of carbonyl (C=O) groups is 2. The Hall–Kier alpha value is -0.810. The molecule has 0 unspecified atom stereocenters. The van der Waals surface area contributed by atoms with E-state index in [0.717, 1.165) is 30.5 Å². The highest BCUT2D eigenvalue weighted by molar-refractivity contribution is 5.87. The second-order valence-electron chi connectivity index (χ2n) is 5.10. The monoisotopic (exact) mass is 291 g/mol. The maximum absolute atomic E-state index is 12.4. The minimum atomic E-state index is -0.384. The fourth-order valence-electron chi connectivity index (χ4n) is 2.75. The van der Waals surface area contributed by atoms with E-state index in [1.807, 2.05) is 0 Å². The van der Waals surface area contributed by atoms with Crippen LogP contribution in [0.1, 0.15) is 33.6 Å². The van der Waals surface area contributed by atoms with Crippen molar-refractivity contribution in [3.63, 3.8) is 0 Å². The van der Waals surface area contributed by atoms with Gasteiger partial charge in [-0.05, 0) is 33.6 Å². The summed E-state index contributed by atoms with van der Waals surface area (Å²) in [6.07, 6.45) is 1.59. The van der Waals surface area contributed by atoms with Crippen molar-refractivity contribution in [1.82, 2.24) is 4.90 Å². The van der Waals surface area contributed by atoms with E-state index >= 15 is 0 Å². The molecule has 5 nitrogen and oxygen atoms in total. The second kappa shape index (κ2) is 7.70. The van der Waals surface area contributed by atoms with Crippen LogP contribution in [-0.2, 0) is 9.59 Å². The Balaban J connectivity index is 0.00000324. The first-order chi connectivity index (χ1) is 8.49. The molecule has 1 aliphatic rings. The first-order valence-electron chi connectivity index (χ1n) is 6.93. The molecule has 0 aromatic rings. The molecule has 6 heteroatoms. The second-order valence-corrected chi connectivity index (χ2v) is 5.10. The lowest BCUT2D eigenvalue weighted by atomic mass is 10.2. The maximum atomic E-state index is 12.4. The van der Waals surface area contributed by atoms with Crippen LogP contribution in [-0.4, -0.2) is 60.0 Å². The van der Waals surface area contributed by atoms with Crippen molar-refractivity contribution in [2.24, 2.45) is 5.73 Å². The molecule has 0 aromatic carbocycles. The lowest BCUT2D eigenvalue weighted by Gasteiger charge is -2.36. The van der Waals surface area contributed by atoms with E-state index in [1.165, 1.54) is 0 Å². The Morgan fingerprint density at radius 1 is 1.21 bits per heavy atom. The minimum Gasteiger partial charge on any atom is -1.00 e. The number of halogens is 1. The van der Waals surface area contributed by atoms with Crippen LogP contribution in [0.5, 0.6) is 0 Å². The van der Waals surface area contributed by atoms with Gasteiger partial charge in [-0.2, -0.15) is 0 Å². The van der Waals surface area contributed by atoms with Gasteiger partial charge in [-0.25, -0.2) is 0 Å². The number of hydrogen-bond donors (Lipinski definition) is 1. The number of quaternary nitrogens is 1. The summed E-state index contributed by atoms with van der Waals surface area (Å²) < 4.78 is 0.779. The van der Waals surface area contributed by atoms with Crippen molar-refractivity contribution in [3.05, 3.63) is 0 Å². The molecule has 0 spiro atoms. The normalized spacial score (nSPS) is 19.1. The molecule has 1 saturated heterocycles. The van der Waals surface area contributed by atoms with Crippen LogP contribution in [0.3, 0.4) is 0 Å². The highest BCUT2D eigenvalue weighted by atomic mass is 35.5. The smallest absolute Gasteiger partial charge is 0.278 e. The summed E-state index contributed by atoms with van der Waals surface area (Å²) in [5, 5.41) is 0. The Bertz CT molecular complexity index is 311. The first kappa shape index (κ1) is 18.2. The Labute approximate surface area is 122 Å². The van der Waals surface area contributed by atoms with Crippen molar-refractivity contribution in [2.75, 3.05) is 32.7 Å². The predicted molar refractivity (Wildman–Crippen MR) is 70.7 cm³/mol. The first-order valence-corrected chi connectivity index (χ1v) is 6.93. The van der Waals surface area contributed by atoms with Gasteiger partial charge in [0.1, 0.15) is 6.04 Å². The van der Waals surface area contributed by atoms with Gasteiger partial charge in [0.05, 0.1) is 19.6 Å². The number of nitrogens with two attached hydrogens (primary N) is 1. The molecule has 0 bridgehead atoms. The van der Waals surface area contributed by atoms with Crippen molar-refractivity contribution in [1.29, 1.82) is 0 Å². The molecule has 0 saturated carbocycles. The van der Waals surface area contributed by atoms with Crippen molar-refractivity contribution < 1.29 is 26.5 Å². The number of carbonyl (C=O) groups excluding carboxylic acids is 2. The summed E-state index contributed by atoms with van der Waals surface area (Å²) in [6, 6.07) is -0.384. The summed E-state index contributed by atoms with van der Waals surface area (Å²) in [7, 11) is 0. The Morgan fingerprint density at radius 3 is 2.16 bits per heavy atom. The van der Waals surface area contributed by atoms with E-state index in [0.29, 0.717) is 19.5 Å². The van der Waals surface area contributed by atoms with E-state index in [4.69, 9.17) is 5.73 Å². The van der Waals surface area contributed by atoms with Gasteiger partial charge in [-0.15, -0.1) is 0 Å². The van der Waals surface area contributed by atoms with Crippen LogP contribution >= 0.6 is 0 Å². The molecule has 2 N–H and O–H groups in total. The lowest BCUT2D eigenvalue weighted by molar-refractivity contribution is -0.916. The third-order valence-electron chi connectivity index (χ3n) is 4.38. The van der Waals surface area contributed by atoms with Crippen LogP contribution < -0.4 is 18.1 Å². The zero-order chi connectivity index (χ0) is 13.8. The fraction of sp³-hybridized carbons (Fsp3) is 0.846. The van der Waals surface area contributed by atoms with Crippen LogP contribution in [0.25, 0.3) is 0 Å². The van der Waals surface area contributed by atoms with Gasteiger partial charge in [-0.3, -0.25) is 9.59 Å². The predicted octanol–water partition coefficient (Wildman–Crippen LogP) is -2.66. The van der Waals surface area contributed by atoms with Gasteiger partial charge in [0.15, 0.2) is 6.54 Å². The van der Waals surface area contributed by atoms with Gasteiger partial charge >= 0.3 is 0 Å². The van der Waals surface area contributed by atoms with E-state index < -0.39 is 0 Å². The molecule has 0 radical (unpaired) electrons. The van der Waals surface area contributed by atoms with Crippen molar-refractivity contribution in [2.45, 2.75) is 39.7 Å². The number of rotatable bonds is 6. The molecule has 2 amide bonds. The number of likely N-dealkylation sites (tertiary alicyclic amines) is 1. The quantitative estimate of drug-likeness (QED) is 0.543. The molecular weight excluding hydrogens is 266 g/mol. The molecule has 1 atom stereocenters. The summed E-state index contributed by atoms with van der Waals surface area (Å²) in [5.74, 6) is -0.301. The molecule has 0 aliphatic carbocycles. The fourth-order valence-corrected chi connectivity index (χ4v) is 2.75. The van der Waals surface area contributed by atoms with Gasteiger partial charge in [0.2, 0.25) is 5.91 Å². The number of primary amides is 1. The molecule has 19 heavy (non-hydrogen) atoms. The minimum absolute atomic E-state index is 0. The Morgan fingerprint density at radius 2 is 1.74 bits per heavy atom. The van der Waals surface area contributed by atoms with Crippen LogP contribution in [0.4, 0.5) is 0 Å². The van der Waals surface area contributed by atoms with Gasteiger partial charge < -0.3 is 27.5 Å². The van der Waals surface area contributed by atoms with E-state index in [2.05, 4.69) is 20.8 Å². The van der Waals surface area contributed by atoms with Crippen molar-refractivity contribution >= 4 is 11.8 Å². The lowest BCUT2D eigenvalue weighted by Crippen LogP contribution is -3.00. The molecular formula is C13H26ClN3O2. The Kier molecular flexibility index (Phi) is 7.37. The average Bonchev–Trinajstić information content (AvgIpc) is 2.85. The molecule has 0 aromatic heterocycles.